The summed E-state index contributed by atoms with van der Waals surface area (Å²) in [6.07, 6.45) is 0. The lowest BCUT2D eigenvalue weighted by Gasteiger charge is -2.35. The van der Waals surface area contributed by atoms with Gasteiger partial charge < -0.3 is 9.94 Å². The Hall–Kier alpha value is -2.25. The van der Waals surface area contributed by atoms with E-state index in [4.69, 9.17) is 4.74 Å². The van der Waals surface area contributed by atoms with Gasteiger partial charge in [-0.1, -0.05) is 26.0 Å². The molecule has 1 aromatic carbocycles. The number of benzene rings is 1. The Balaban J connectivity index is 2.62. The van der Waals surface area contributed by atoms with Crippen molar-refractivity contribution < 1.29 is 23.8 Å². The van der Waals surface area contributed by atoms with E-state index in [-0.39, 0.29) is 17.2 Å². The number of carbonyl (C=O) groups is 2. The van der Waals surface area contributed by atoms with Crippen LogP contribution in [0, 0.1) is 16.9 Å². The monoisotopic (exact) mass is 308 g/mol. The maximum atomic E-state index is 13.1. The van der Waals surface area contributed by atoms with Crippen LogP contribution in [0.3, 0.4) is 0 Å². The van der Waals surface area contributed by atoms with E-state index in [0.29, 0.717) is 5.56 Å². The van der Waals surface area contributed by atoms with E-state index in [2.05, 4.69) is 5.32 Å². The predicted octanol–water partition coefficient (Wildman–Crippen LogP) is 1.06. The van der Waals surface area contributed by atoms with Gasteiger partial charge in [0.2, 0.25) is 0 Å². The van der Waals surface area contributed by atoms with Crippen molar-refractivity contribution >= 4 is 12.0 Å². The topological polar surface area (TPSA) is 82.9 Å². The maximum absolute atomic E-state index is 13.1. The van der Waals surface area contributed by atoms with Crippen LogP contribution in [0.15, 0.2) is 35.5 Å². The van der Waals surface area contributed by atoms with Crippen LogP contribution in [0.1, 0.15) is 25.5 Å². The summed E-state index contributed by atoms with van der Waals surface area (Å²) >= 11 is 0. The van der Waals surface area contributed by atoms with Gasteiger partial charge in [-0.15, -0.1) is 0 Å². The number of urea groups is 1. The highest BCUT2D eigenvalue weighted by Gasteiger charge is 2.40. The van der Waals surface area contributed by atoms with Crippen LogP contribution in [0.4, 0.5) is 9.18 Å². The molecule has 6 nitrogen and oxygen atoms in total. The van der Waals surface area contributed by atoms with Crippen LogP contribution in [0.25, 0.3) is 0 Å². The Morgan fingerprint density at radius 1 is 1.36 bits per heavy atom. The number of methoxy groups -OCH3 is 1. The highest BCUT2D eigenvalue weighted by molar-refractivity contribution is 5.92. The van der Waals surface area contributed by atoms with Crippen molar-refractivity contribution in [2.45, 2.75) is 19.9 Å². The quantitative estimate of drug-likeness (QED) is 0.646. The molecule has 0 saturated carbocycles. The number of nitrogens with one attached hydrogen (secondary N) is 2. The Bertz CT molecular complexity index is 625. The minimum Gasteiger partial charge on any atom is -0.620 e. The van der Waals surface area contributed by atoms with Gasteiger partial charge in [-0.05, 0) is 17.7 Å². The highest BCUT2D eigenvalue weighted by Crippen LogP contribution is 2.28. The number of rotatable bonds is 3. The zero-order valence-corrected chi connectivity index (χ0v) is 12.5. The smallest absolute Gasteiger partial charge is 0.420 e. The molecule has 0 aliphatic carbocycles. The molecule has 0 bridgehead atoms. The van der Waals surface area contributed by atoms with E-state index >= 15 is 0 Å². The van der Waals surface area contributed by atoms with Gasteiger partial charge in [-0.2, -0.15) is 0 Å². The maximum Gasteiger partial charge on any atom is 0.420 e. The van der Waals surface area contributed by atoms with Crippen molar-refractivity contribution in [3.63, 3.8) is 0 Å². The van der Waals surface area contributed by atoms with Crippen molar-refractivity contribution in [3.05, 3.63) is 52.1 Å². The fourth-order valence-corrected chi connectivity index (χ4v) is 2.49. The molecule has 1 aliphatic rings. The van der Waals surface area contributed by atoms with Crippen LogP contribution < -0.4 is 10.4 Å². The molecule has 118 valence electrons. The number of hydroxylamine groups is 2. The summed E-state index contributed by atoms with van der Waals surface area (Å²) in [5, 5.41) is 13.8. The molecule has 2 amide bonds. The van der Waals surface area contributed by atoms with E-state index in [1.165, 1.54) is 31.4 Å². The van der Waals surface area contributed by atoms with Gasteiger partial charge >= 0.3 is 12.0 Å². The van der Waals surface area contributed by atoms with Crippen LogP contribution in [0.5, 0.6) is 0 Å². The van der Waals surface area contributed by atoms with Crippen molar-refractivity contribution in [2.24, 2.45) is 5.92 Å². The molecule has 2 rings (SSSR count). The molecule has 0 fully saturated rings. The molecule has 0 aromatic heterocycles. The number of ether oxygens (including phenoxy) is 1. The second-order valence-corrected chi connectivity index (χ2v) is 5.26. The van der Waals surface area contributed by atoms with Crippen molar-refractivity contribution in [2.75, 3.05) is 7.11 Å². The van der Waals surface area contributed by atoms with Gasteiger partial charge in [0.15, 0.2) is 0 Å². The third-order valence-electron chi connectivity index (χ3n) is 3.49. The van der Waals surface area contributed by atoms with Gasteiger partial charge in [0, 0.05) is 5.92 Å². The zero-order valence-electron chi connectivity index (χ0n) is 12.5. The molecule has 7 heteroatoms. The molecule has 2 unspecified atom stereocenters. The summed E-state index contributed by atoms with van der Waals surface area (Å²) < 4.78 is 17.8. The first-order valence-electron chi connectivity index (χ1n) is 6.79. The van der Waals surface area contributed by atoms with Gasteiger partial charge in [-0.3, -0.25) is 10.4 Å². The number of halogens is 1. The second-order valence-electron chi connectivity index (χ2n) is 5.26. The van der Waals surface area contributed by atoms with Gasteiger partial charge in [-0.25, -0.2) is 14.0 Å². The predicted molar refractivity (Wildman–Crippen MR) is 75.9 cm³/mol. The first kappa shape index (κ1) is 16.1. The van der Waals surface area contributed by atoms with Gasteiger partial charge in [0.1, 0.15) is 17.1 Å². The molecule has 1 heterocycles. The van der Waals surface area contributed by atoms with Crippen LogP contribution in [-0.2, 0) is 9.53 Å². The van der Waals surface area contributed by atoms with Crippen molar-refractivity contribution in [1.29, 1.82) is 0 Å². The third kappa shape index (κ3) is 2.86. The van der Waals surface area contributed by atoms with Crippen LogP contribution in [0.2, 0.25) is 0 Å². The first-order chi connectivity index (χ1) is 10.4. The molecule has 1 aliphatic heterocycles. The van der Waals surface area contributed by atoms with E-state index in [1.54, 1.807) is 13.8 Å². The standard InChI is InChI=1S/C15H17FN2O4/c1-8(2)13-11(14(19)22-3)12(17-15(20)18(13)21)9-4-6-10(16)7-5-9/h4-8,12,18H,1-3H3,(H,17,20). The average molecular weight is 308 g/mol. The molecule has 0 saturated heterocycles. The highest BCUT2D eigenvalue weighted by atomic mass is 19.1. The lowest BCUT2D eigenvalue weighted by atomic mass is 9.91. The number of quaternary nitrogens is 1. The summed E-state index contributed by atoms with van der Waals surface area (Å²) in [5.74, 6) is -1.45. The number of amides is 2. The Morgan fingerprint density at radius 2 is 1.95 bits per heavy atom. The van der Waals surface area contributed by atoms with Crippen LogP contribution >= 0.6 is 0 Å². The number of carbonyl (C=O) groups excluding carboxylic acids is 2. The fourth-order valence-electron chi connectivity index (χ4n) is 2.49. The average Bonchev–Trinajstić information content (AvgIpc) is 2.49. The fraction of sp³-hybridized carbons (Fsp3) is 0.333. The summed E-state index contributed by atoms with van der Waals surface area (Å²) in [5.41, 5.74) is 0.722. The van der Waals surface area contributed by atoms with Gasteiger partial charge in [0.25, 0.3) is 0 Å². The van der Waals surface area contributed by atoms with Crippen molar-refractivity contribution in [1.82, 2.24) is 5.32 Å². The molecule has 22 heavy (non-hydrogen) atoms. The second kappa shape index (κ2) is 6.25. The van der Waals surface area contributed by atoms with E-state index < -0.39 is 28.9 Å². The number of hydrogen-bond donors (Lipinski definition) is 2. The minimum atomic E-state index is -0.837. The summed E-state index contributed by atoms with van der Waals surface area (Å²) in [6.45, 7) is 3.44. The van der Waals surface area contributed by atoms with Crippen molar-refractivity contribution in [3.8, 4) is 0 Å². The molecule has 0 spiro atoms. The number of hydrogen-bond acceptors (Lipinski definition) is 4. The Kier molecular flexibility index (Phi) is 4.58. The molecule has 2 N–H and O–H groups in total. The molecule has 2 atom stereocenters. The Labute approximate surface area is 127 Å². The van der Waals surface area contributed by atoms with E-state index in [0.717, 1.165) is 0 Å². The SMILES string of the molecule is COC(=O)C1=C(C(C)C)[NH+]([O-])C(=O)NC1c1ccc(F)cc1. The summed E-state index contributed by atoms with van der Waals surface area (Å²) in [7, 11) is 1.20. The van der Waals surface area contributed by atoms with E-state index in [1.807, 2.05) is 0 Å². The molecular weight excluding hydrogens is 291 g/mol. The lowest BCUT2D eigenvalue weighted by Crippen LogP contribution is -3.11. The zero-order chi connectivity index (χ0) is 16.4. The normalized spacial score (nSPS) is 21.8. The number of esters is 1. The molecule has 1 aromatic rings. The summed E-state index contributed by atoms with van der Waals surface area (Å²) in [6, 6.07) is 3.74. The largest absolute Gasteiger partial charge is 0.620 e. The minimum absolute atomic E-state index is 0.0914. The third-order valence-corrected chi connectivity index (χ3v) is 3.49. The number of allylic oxidation sites excluding steroid dienone is 1. The molecular formula is C15H17FN2O4. The first-order valence-corrected chi connectivity index (χ1v) is 6.79. The van der Waals surface area contributed by atoms with Crippen LogP contribution in [-0.4, -0.2) is 19.1 Å². The lowest BCUT2D eigenvalue weighted by molar-refractivity contribution is -0.721. The summed E-state index contributed by atoms with van der Waals surface area (Å²) in [4.78, 5) is 24.0. The molecule has 0 radical (unpaired) electrons. The van der Waals surface area contributed by atoms with E-state index in [9.17, 15) is 19.2 Å². The Morgan fingerprint density at radius 3 is 2.45 bits per heavy atom. The van der Waals surface area contributed by atoms with Gasteiger partial charge in [0.05, 0.1) is 13.2 Å².